The fraction of sp³-hybridized carbons (Fsp3) is 0.167. The summed E-state index contributed by atoms with van der Waals surface area (Å²) >= 11 is 0. The van der Waals surface area contributed by atoms with Gasteiger partial charge < -0.3 is 14.8 Å². The third-order valence-electron chi connectivity index (χ3n) is 2.46. The molecular weight excluding hydrogens is 264 g/mol. The molecule has 1 N–H and O–H groups in total. The van der Waals surface area contributed by atoms with Gasteiger partial charge in [0, 0.05) is 23.9 Å². The summed E-state index contributed by atoms with van der Waals surface area (Å²) in [5.41, 5.74) is 0.480. The van der Waals surface area contributed by atoms with Crippen LogP contribution in [-0.2, 0) is 0 Å². The summed E-state index contributed by atoms with van der Waals surface area (Å²) in [7, 11) is 3.09. The maximum absolute atomic E-state index is 10.5. The van der Waals surface area contributed by atoms with Gasteiger partial charge in [0.25, 0.3) is 0 Å². The lowest BCUT2D eigenvalue weighted by Crippen LogP contribution is -1.99. The predicted octanol–water partition coefficient (Wildman–Crippen LogP) is 2.15. The first-order chi connectivity index (χ1) is 9.62. The largest absolute Gasteiger partial charge is 0.497 e. The van der Waals surface area contributed by atoms with E-state index in [1.807, 2.05) is 0 Å². The van der Waals surface area contributed by atoms with Gasteiger partial charge in [-0.3, -0.25) is 10.1 Å². The molecule has 0 spiro atoms. The van der Waals surface area contributed by atoms with Gasteiger partial charge in [0.1, 0.15) is 23.9 Å². The Morgan fingerprint density at radius 3 is 2.10 bits per heavy atom. The molecule has 2 aromatic rings. The Hall–Kier alpha value is -2.90. The quantitative estimate of drug-likeness (QED) is 0.659. The van der Waals surface area contributed by atoms with E-state index in [-0.39, 0.29) is 11.6 Å². The molecule has 20 heavy (non-hydrogen) atoms. The highest BCUT2D eigenvalue weighted by atomic mass is 16.6. The molecule has 0 radical (unpaired) electrons. The molecule has 0 aliphatic carbocycles. The van der Waals surface area contributed by atoms with Crippen LogP contribution in [-0.4, -0.2) is 29.1 Å². The fourth-order valence-corrected chi connectivity index (χ4v) is 1.49. The molecule has 8 nitrogen and oxygen atoms in total. The number of nitrogens with zero attached hydrogens (tertiary/aromatic N) is 3. The van der Waals surface area contributed by atoms with Crippen molar-refractivity contribution in [1.82, 2.24) is 9.97 Å². The first-order valence-electron chi connectivity index (χ1n) is 5.59. The zero-order valence-corrected chi connectivity index (χ0v) is 10.9. The zero-order chi connectivity index (χ0) is 14.5. The summed E-state index contributed by atoms with van der Waals surface area (Å²) in [6.45, 7) is 0. The van der Waals surface area contributed by atoms with Crippen LogP contribution in [0.2, 0.25) is 0 Å². The average Bonchev–Trinajstić information content (AvgIpc) is 2.47. The van der Waals surface area contributed by atoms with Gasteiger partial charge in [0.15, 0.2) is 0 Å². The summed E-state index contributed by atoms with van der Waals surface area (Å²) in [4.78, 5) is 17.7. The number of hydrogen-bond acceptors (Lipinski definition) is 7. The first kappa shape index (κ1) is 13.5. The first-order valence-corrected chi connectivity index (χ1v) is 5.59. The van der Waals surface area contributed by atoms with Crippen molar-refractivity contribution in [2.24, 2.45) is 0 Å². The van der Waals surface area contributed by atoms with Crippen molar-refractivity contribution in [3.05, 3.63) is 40.7 Å². The molecule has 0 atom stereocenters. The lowest BCUT2D eigenvalue weighted by atomic mass is 10.3. The molecule has 0 fully saturated rings. The van der Waals surface area contributed by atoms with Crippen LogP contribution in [0.3, 0.4) is 0 Å². The molecule has 0 aliphatic rings. The smallest absolute Gasteiger partial charge is 0.305 e. The van der Waals surface area contributed by atoms with E-state index >= 15 is 0 Å². The van der Waals surface area contributed by atoms with Gasteiger partial charge in [-0.15, -0.1) is 0 Å². The van der Waals surface area contributed by atoms with E-state index in [0.717, 1.165) is 12.4 Å². The van der Waals surface area contributed by atoms with Gasteiger partial charge in [0.2, 0.25) is 5.95 Å². The number of rotatable bonds is 5. The third kappa shape index (κ3) is 3.10. The molecule has 1 heterocycles. The van der Waals surface area contributed by atoms with Gasteiger partial charge >= 0.3 is 5.69 Å². The number of methoxy groups -OCH3 is 2. The van der Waals surface area contributed by atoms with Gasteiger partial charge in [-0.1, -0.05) is 0 Å². The highest BCUT2D eigenvalue weighted by molar-refractivity contribution is 5.59. The van der Waals surface area contributed by atoms with Crippen molar-refractivity contribution in [3.8, 4) is 11.5 Å². The summed E-state index contributed by atoms with van der Waals surface area (Å²) < 4.78 is 10.3. The normalized spacial score (nSPS) is 9.90. The molecule has 0 unspecified atom stereocenters. The van der Waals surface area contributed by atoms with Gasteiger partial charge in [-0.25, -0.2) is 9.97 Å². The van der Waals surface area contributed by atoms with Crippen LogP contribution in [0.25, 0.3) is 0 Å². The lowest BCUT2D eigenvalue weighted by Gasteiger charge is -2.09. The van der Waals surface area contributed by atoms with Crippen molar-refractivity contribution in [2.45, 2.75) is 0 Å². The van der Waals surface area contributed by atoms with Crippen LogP contribution in [0.4, 0.5) is 17.3 Å². The fourth-order valence-electron chi connectivity index (χ4n) is 1.49. The number of nitro groups is 1. The summed E-state index contributed by atoms with van der Waals surface area (Å²) in [6.07, 6.45) is 2.26. The molecule has 8 heteroatoms. The van der Waals surface area contributed by atoms with Crippen LogP contribution >= 0.6 is 0 Å². The molecule has 0 amide bonds. The minimum absolute atomic E-state index is 0.168. The minimum atomic E-state index is -0.557. The van der Waals surface area contributed by atoms with Crippen LogP contribution < -0.4 is 14.8 Å². The molecule has 0 saturated heterocycles. The maximum atomic E-state index is 10.5. The highest BCUT2D eigenvalue weighted by Gasteiger charge is 2.08. The lowest BCUT2D eigenvalue weighted by molar-refractivity contribution is -0.385. The Kier molecular flexibility index (Phi) is 3.94. The molecule has 0 bridgehead atoms. The number of anilines is 2. The topological polar surface area (TPSA) is 99.4 Å². The van der Waals surface area contributed by atoms with E-state index in [2.05, 4.69) is 15.3 Å². The summed E-state index contributed by atoms with van der Waals surface area (Å²) in [5.74, 6) is 1.45. The van der Waals surface area contributed by atoms with E-state index in [1.54, 1.807) is 32.4 Å². The monoisotopic (exact) mass is 276 g/mol. The van der Waals surface area contributed by atoms with Crippen molar-refractivity contribution >= 4 is 17.3 Å². The zero-order valence-electron chi connectivity index (χ0n) is 10.9. The van der Waals surface area contributed by atoms with Gasteiger partial charge in [-0.2, -0.15) is 0 Å². The Morgan fingerprint density at radius 1 is 1.10 bits per heavy atom. The van der Waals surface area contributed by atoms with E-state index < -0.39 is 4.92 Å². The number of nitrogens with one attached hydrogen (secondary N) is 1. The number of ether oxygens (including phenoxy) is 2. The van der Waals surface area contributed by atoms with Crippen molar-refractivity contribution in [1.29, 1.82) is 0 Å². The van der Waals surface area contributed by atoms with Crippen LogP contribution in [0, 0.1) is 10.1 Å². The predicted molar refractivity (Wildman–Crippen MR) is 71.5 cm³/mol. The van der Waals surface area contributed by atoms with E-state index in [4.69, 9.17) is 9.47 Å². The second-order valence-electron chi connectivity index (χ2n) is 3.75. The number of aromatic nitrogens is 2. The Morgan fingerprint density at radius 2 is 1.65 bits per heavy atom. The molecule has 0 aliphatic heterocycles. The molecule has 0 saturated carbocycles. The maximum Gasteiger partial charge on any atom is 0.305 e. The molecular formula is C12H12N4O4. The van der Waals surface area contributed by atoms with Crippen LogP contribution in [0.15, 0.2) is 30.6 Å². The number of benzene rings is 1. The second-order valence-corrected chi connectivity index (χ2v) is 3.75. The Bertz CT molecular complexity index is 593. The summed E-state index contributed by atoms with van der Waals surface area (Å²) in [6, 6.07) is 5.18. The third-order valence-corrected chi connectivity index (χ3v) is 2.46. The molecule has 104 valence electrons. The van der Waals surface area contributed by atoms with E-state index in [1.165, 1.54) is 0 Å². The van der Waals surface area contributed by atoms with Gasteiger partial charge in [-0.05, 0) is 0 Å². The SMILES string of the molecule is COc1cc(Nc2ncc([N+](=O)[O-])cn2)cc(OC)c1. The highest BCUT2D eigenvalue weighted by Crippen LogP contribution is 2.27. The second kappa shape index (κ2) is 5.83. The van der Waals surface area contributed by atoms with Gasteiger partial charge in [0.05, 0.1) is 19.1 Å². The molecule has 2 rings (SSSR count). The average molecular weight is 276 g/mol. The number of hydrogen-bond donors (Lipinski definition) is 1. The van der Waals surface area contributed by atoms with Crippen molar-refractivity contribution in [3.63, 3.8) is 0 Å². The summed E-state index contributed by atoms with van der Waals surface area (Å²) in [5, 5.41) is 13.4. The van der Waals surface area contributed by atoms with Crippen molar-refractivity contribution in [2.75, 3.05) is 19.5 Å². The molecule has 1 aromatic heterocycles. The van der Waals surface area contributed by atoms with E-state index in [0.29, 0.717) is 17.2 Å². The minimum Gasteiger partial charge on any atom is -0.497 e. The molecule has 1 aromatic carbocycles. The Labute approximate surface area is 114 Å². The standard InChI is InChI=1S/C12H12N4O4/c1-19-10-3-8(4-11(5-10)20-2)15-12-13-6-9(7-14-12)16(17)18/h3-7H,1-2H3,(H,13,14,15). The van der Waals surface area contributed by atoms with Crippen LogP contribution in [0.5, 0.6) is 11.5 Å². The van der Waals surface area contributed by atoms with E-state index in [9.17, 15) is 10.1 Å². The van der Waals surface area contributed by atoms with Crippen LogP contribution in [0.1, 0.15) is 0 Å². The van der Waals surface area contributed by atoms with Crippen molar-refractivity contribution < 1.29 is 14.4 Å². The Balaban J connectivity index is 2.22.